The van der Waals surface area contributed by atoms with Crippen LogP contribution in [0.15, 0.2) is 12.2 Å². The van der Waals surface area contributed by atoms with E-state index in [1.807, 2.05) is 0 Å². The molecule has 0 aliphatic rings. The fraction of sp³-hybridized carbons (Fsp3) is 0.824. The predicted octanol–water partition coefficient (Wildman–Crippen LogP) is 3.74. The Balaban J connectivity index is 3.13. The van der Waals surface area contributed by atoms with Crippen LogP contribution in [0, 0.1) is 0 Å². The summed E-state index contributed by atoms with van der Waals surface area (Å²) in [6.07, 6.45) is 8.70. The van der Waals surface area contributed by atoms with Gasteiger partial charge in [0, 0.05) is 5.57 Å². The Hall–Kier alpha value is -0.720. The molecule has 0 spiro atoms. The van der Waals surface area contributed by atoms with Gasteiger partial charge in [0.25, 0.3) is 0 Å². The molecule has 0 unspecified atom stereocenters. The lowest BCUT2D eigenvalue weighted by molar-refractivity contribution is -0.294. The summed E-state index contributed by atoms with van der Waals surface area (Å²) >= 11 is 0. The molecular weight excluding hydrogens is 347 g/mol. The molecule has 25 heavy (non-hydrogen) atoms. The molecule has 0 rings (SSSR count). The van der Waals surface area contributed by atoms with Crippen LogP contribution in [0.25, 0.3) is 0 Å². The summed E-state index contributed by atoms with van der Waals surface area (Å²) in [7, 11) is -3.92. The molecule has 0 aliphatic carbocycles. The third kappa shape index (κ3) is 19.5. The molecule has 0 saturated carbocycles. The Labute approximate surface area is 150 Å². The molecule has 0 radical (unpaired) electrons. The van der Waals surface area contributed by atoms with Gasteiger partial charge in [-0.2, -0.15) is 0 Å². The first-order valence-corrected chi connectivity index (χ1v) is 10.7. The second kappa shape index (κ2) is 15.5. The van der Waals surface area contributed by atoms with Crippen LogP contribution in [-0.2, 0) is 23.9 Å². The van der Waals surface area contributed by atoms with Crippen molar-refractivity contribution in [2.75, 3.05) is 26.0 Å². The zero-order valence-corrected chi connectivity index (χ0v) is 16.2. The summed E-state index contributed by atoms with van der Waals surface area (Å²) in [5, 5.41) is 0. The van der Waals surface area contributed by atoms with E-state index in [2.05, 4.69) is 6.58 Å². The third-order valence-corrected chi connectivity index (χ3v) is 4.36. The number of rotatable bonds is 17. The van der Waals surface area contributed by atoms with Crippen molar-refractivity contribution >= 4 is 13.6 Å². The topological polar surface area (TPSA) is 102 Å². The maximum atomic E-state index is 11.1. The average Bonchev–Trinajstić information content (AvgIpc) is 2.53. The molecule has 0 saturated heterocycles. The van der Waals surface area contributed by atoms with Crippen LogP contribution in [-0.4, -0.2) is 41.7 Å². The summed E-state index contributed by atoms with van der Waals surface area (Å²) in [6, 6.07) is 0. The highest BCUT2D eigenvalue weighted by atomic mass is 31.2. The number of unbranched alkanes of at least 4 members (excludes halogenated alkanes) is 7. The molecule has 0 amide bonds. The van der Waals surface area contributed by atoms with Gasteiger partial charge in [0.15, 0.2) is 0 Å². The molecule has 0 aliphatic heterocycles. The van der Waals surface area contributed by atoms with Gasteiger partial charge in [-0.25, -0.2) is 14.6 Å². The lowest BCUT2D eigenvalue weighted by Crippen LogP contribution is -2.05. The summed E-state index contributed by atoms with van der Waals surface area (Å²) in [5.74, 6) is -0.312. The van der Waals surface area contributed by atoms with E-state index in [9.17, 15) is 9.36 Å². The standard InChI is InChI=1S/C17H33O7P/c1-16(2)17(18)22-12-9-7-5-3-4-6-8-10-13-23-24-14-11-15-25(19,20)21/h1,3-15H2,2H3,(H2,19,20,21). The van der Waals surface area contributed by atoms with Crippen molar-refractivity contribution in [3.8, 4) is 0 Å². The van der Waals surface area contributed by atoms with Crippen molar-refractivity contribution in [3.05, 3.63) is 12.2 Å². The Bertz CT molecular complexity index is 406. The highest BCUT2D eigenvalue weighted by molar-refractivity contribution is 7.51. The van der Waals surface area contributed by atoms with Crippen LogP contribution in [0.3, 0.4) is 0 Å². The van der Waals surface area contributed by atoms with Gasteiger partial charge in [-0.15, -0.1) is 0 Å². The minimum Gasteiger partial charge on any atom is -0.462 e. The quantitative estimate of drug-likeness (QED) is 0.0989. The molecular formula is C17H33O7P. The molecule has 0 heterocycles. The van der Waals surface area contributed by atoms with Crippen molar-refractivity contribution in [3.63, 3.8) is 0 Å². The van der Waals surface area contributed by atoms with Crippen LogP contribution in [0.5, 0.6) is 0 Å². The van der Waals surface area contributed by atoms with E-state index >= 15 is 0 Å². The maximum absolute atomic E-state index is 11.1. The summed E-state index contributed by atoms with van der Waals surface area (Å²) in [4.78, 5) is 38.3. The number of ether oxygens (including phenoxy) is 1. The molecule has 0 aromatic heterocycles. The van der Waals surface area contributed by atoms with Crippen LogP contribution >= 0.6 is 7.60 Å². The van der Waals surface area contributed by atoms with Crippen LogP contribution < -0.4 is 0 Å². The van der Waals surface area contributed by atoms with Gasteiger partial charge in [0.05, 0.1) is 26.0 Å². The van der Waals surface area contributed by atoms with Crippen LogP contribution in [0.1, 0.15) is 64.7 Å². The van der Waals surface area contributed by atoms with E-state index in [-0.39, 0.29) is 25.2 Å². The fourth-order valence-electron chi connectivity index (χ4n) is 2.06. The first-order valence-electron chi connectivity index (χ1n) is 8.94. The second-order valence-corrected chi connectivity index (χ2v) is 7.91. The smallest absolute Gasteiger partial charge is 0.333 e. The number of carbonyl (C=O) groups excluding carboxylic acids is 1. The highest BCUT2D eigenvalue weighted by Gasteiger charge is 2.11. The number of esters is 1. The van der Waals surface area contributed by atoms with Crippen molar-refractivity contribution in [2.45, 2.75) is 64.7 Å². The maximum Gasteiger partial charge on any atom is 0.333 e. The lowest BCUT2D eigenvalue weighted by Gasteiger charge is -2.06. The SMILES string of the molecule is C=C(C)C(=O)OCCCCCCCCCCOOCCCP(=O)(O)O. The largest absolute Gasteiger partial charge is 0.462 e. The van der Waals surface area contributed by atoms with E-state index in [0.717, 1.165) is 38.5 Å². The van der Waals surface area contributed by atoms with Gasteiger partial charge in [-0.3, -0.25) is 4.57 Å². The molecule has 0 aromatic carbocycles. The van der Waals surface area contributed by atoms with Gasteiger partial charge < -0.3 is 14.5 Å². The molecule has 2 N–H and O–H groups in total. The minimum absolute atomic E-state index is 0.174. The predicted molar refractivity (Wildman–Crippen MR) is 96.1 cm³/mol. The van der Waals surface area contributed by atoms with Crippen molar-refractivity contribution in [2.24, 2.45) is 0 Å². The fourth-order valence-corrected chi connectivity index (χ4v) is 2.60. The van der Waals surface area contributed by atoms with E-state index < -0.39 is 7.60 Å². The molecule has 8 heteroatoms. The number of hydrogen-bond acceptors (Lipinski definition) is 5. The van der Waals surface area contributed by atoms with Gasteiger partial charge in [0.1, 0.15) is 0 Å². The molecule has 0 bridgehead atoms. The monoisotopic (exact) mass is 380 g/mol. The zero-order chi connectivity index (χ0) is 19.0. The zero-order valence-electron chi connectivity index (χ0n) is 15.3. The molecule has 7 nitrogen and oxygen atoms in total. The summed E-state index contributed by atoms with van der Waals surface area (Å²) in [6.45, 7) is 6.35. The van der Waals surface area contributed by atoms with Crippen molar-refractivity contribution in [1.82, 2.24) is 0 Å². The normalized spacial score (nSPS) is 11.5. The molecule has 148 valence electrons. The van der Waals surface area contributed by atoms with Gasteiger partial charge in [-0.05, 0) is 26.2 Å². The van der Waals surface area contributed by atoms with Crippen molar-refractivity contribution in [1.29, 1.82) is 0 Å². The van der Waals surface area contributed by atoms with Crippen LogP contribution in [0.4, 0.5) is 0 Å². The van der Waals surface area contributed by atoms with E-state index in [4.69, 9.17) is 24.3 Å². The number of carbonyl (C=O) groups is 1. The van der Waals surface area contributed by atoms with E-state index in [0.29, 0.717) is 18.8 Å². The van der Waals surface area contributed by atoms with E-state index in [1.165, 1.54) is 12.8 Å². The van der Waals surface area contributed by atoms with Crippen molar-refractivity contribution < 1.29 is 33.7 Å². The third-order valence-electron chi connectivity index (χ3n) is 3.46. The molecule has 0 fully saturated rings. The molecule has 0 aromatic rings. The van der Waals surface area contributed by atoms with Gasteiger partial charge in [0.2, 0.25) is 0 Å². The Kier molecular flexibility index (Phi) is 15.1. The van der Waals surface area contributed by atoms with E-state index in [1.54, 1.807) is 6.92 Å². The first-order chi connectivity index (χ1) is 11.8. The Morgan fingerprint density at radius 2 is 1.28 bits per heavy atom. The summed E-state index contributed by atoms with van der Waals surface area (Å²) in [5.41, 5.74) is 0.440. The highest BCUT2D eigenvalue weighted by Crippen LogP contribution is 2.34. The molecule has 0 atom stereocenters. The minimum atomic E-state index is -3.92. The second-order valence-electron chi connectivity index (χ2n) is 6.13. The summed E-state index contributed by atoms with van der Waals surface area (Å²) < 4.78 is 15.6. The van der Waals surface area contributed by atoms with Crippen LogP contribution in [0.2, 0.25) is 0 Å². The number of hydrogen-bond donors (Lipinski definition) is 2. The average molecular weight is 380 g/mol. The van der Waals surface area contributed by atoms with Gasteiger partial charge in [-0.1, -0.05) is 45.1 Å². The lowest BCUT2D eigenvalue weighted by atomic mass is 10.1. The first kappa shape index (κ1) is 24.3. The van der Waals surface area contributed by atoms with Gasteiger partial charge >= 0.3 is 13.6 Å². The Morgan fingerprint density at radius 3 is 1.76 bits per heavy atom. The Morgan fingerprint density at radius 1 is 0.840 bits per heavy atom.